The molecule has 1 aromatic carbocycles. The van der Waals surface area contributed by atoms with Crippen LogP contribution in [-0.2, 0) is 16.1 Å². The molecule has 8 nitrogen and oxygen atoms in total. The Morgan fingerprint density at radius 1 is 1.36 bits per heavy atom. The summed E-state index contributed by atoms with van der Waals surface area (Å²) in [6, 6.07) is 5.34. The Hall–Kier alpha value is -2.87. The fourth-order valence-electron chi connectivity index (χ4n) is 2.71. The molecule has 25 heavy (non-hydrogen) atoms. The largest absolute Gasteiger partial charge is 0.427 e. The van der Waals surface area contributed by atoms with Crippen molar-refractivity contribution in [2.24, 2.45) is 0 Å². The van der Waals surface area contributed by atoms with E-state index in [0.717, 1.165) is 5.52 Å². The first-order valence-electron chi connectivity index (χ1n) is 7.74. The molecule has 2 heterocycles. The van der Waals surface area contributed by atoms with Crippen molar-refractivity contribution in [1.29, 1.82) is 0 Å². The van der Waals surface area contributed by atoms with Gasteiger partial charge in [0.2, 0.25) is 0 Å². The molecule has 0 saturated heterocycles. The molecule has 2 aromatic heterocycles. The molecule has 0 aliphatic rings. The van der Waals surface area contributed by atoms with Crippen molar-refractivity contribution in [2.45, 2.75) is 13.5 Å². The summed E-state index contributed by atoms with van der Waals surface area (Å²) >= 11 is 0. The van der Waals surface area contributed by atoms with Crippen molar-refractivity contribution in [3.05, 3.63) is 28.6 Å². The Kier molecular flexibility index (Phi) is 4.45. The van der Waals surface area contributed by atoms with Crippen molar-refractivity contribution in [3.63, 3.8) is 0 Å². The number of rotatable bonds is 5. The van der Waals surface area contributed by atoms with Gasteiger partial charge in [0.15, 0.2) is 5.65 Å². The molecule has 0 bridgehead atoms. The molecule has 0 fully saturated rings. The second kappa shape index (κ2) is 6.56. The highest BCUT2D eigenvalue weighted by Crippen LogP contribution is 2.30. The number of benzene rings is 1. The summed E-state index contributed by atoms with van der Waals surface area (Å²) < 4.78 is 17.5. The number of methoxy groups -OCH3 is 1. The van der Waals surface area contributed by atoms with E-state index in [-0.39, 0.29) is 6.01 Å². The molecule has 132 valence electrons. The maximum Gasteiger partial charge on any atom is 0.350 e. The zero-order valence-electron chi connectivity index (χ0n) is 14.5. The first-order valence-corrected chi connectivity index (χ1v) is 7.74. The van der Waals surface area contributed by atoms with Gasteiger partial charge in [0.25, 0.3) is 0 Å². The van der Waals surface area contributed by atoms with Crippen LogP contribution in [0.2, 0.25) is 0 Å². The van der Waals surface area contributed by atoms with Crippen molar-refractivity contribution in [1.82, 2.24) is 9.55 Å². The number of hydrogen-bond acceptors (Lipinski definition) is 7. The van der Waals surface area contributed by atoms with Crippen LogP contribution in [0.25, 0.3) is 21.9 Å². The van der Waals surface area contributed by atoms with E-state index in [1.165, 1.54) is 6.92 Å². The van der Waals surface area contributed by atoms with Gasteiger partial charge in [0.05, 0.1) is 12.1 Å². The standard InChI is InChI=1S/C17H19N3O5/c1-10(21)24-11-5-6-13-12(9-11)14-15(20(13)7-8-23-4)18-17(19(2)3)25-16(14)22/h5-6,9H,7-8H2,1-4H3. The van der Waals surface area contributed by atoms with Gasteiger partial charge < -0.3 is 23.4 Å². The molecule has 8 heteroatoms. The summed E-state index contributed by atoms with van der Waals surface area (Å²) in [5.74, 6) is -0.0654. The van der Waals surface area contributed by atoms with Gasteiger partial charge in [0, 0.05) is 40.1 Å². The smallest absolute Gasteiger partial charge is 0.350 e. The van der Waals surface area contributed by atoms with Crippen LogP contribution >= 0.6 is 0 Å². The first kappa shape index (κ1) is 17.0. The van der Waals surface area contributed by atoms with Gasteiger partial charge in [-0.15, -0.1) is 0 Å². The van der Waals surface area contributed by atoms with Crippen LogP contribution in [0.4, 0.5) is 6.01 Å². The molecular weight excluding hydrogens is 326 g/mol. The molecule has 3 rings (SSSR count). The predicted molar refractivity (Wildman–Crippen MR) is 93.3 cm³/mol. The number of aromatic nitrogens is 2. The van der Waals surface area contributed by atoms with Crippen LogP contribution < -0.4 is 15.3 Å². The molecule has 0 unspecified atom stereocenters. The van der Waals surface area contributed by atoms with Gasteiger partial charge in [0.1, 0.15) is 11.1 Å². The summed E-state index contributed by atoms with van der Waals surface area (Å²) in [6.45, 7) is 2.31. The highest BCUT2D eigenvalue weighted by Gasteiger charge is 2.19. The second-order valence-corrected chi connectivity index (χ2v) is 5.79. The van der Waals surface area contributed by atoms with Crippen LogP contribution in [-0.4, -0.2) is 43.3 Å². The van der Waals surface area contributed by atoms with E-state index in [1.54, 1.807) is 44.3 Å². The van der Waals surface area contributed by atoms with Crippen molar-refractivity contribution >= 4 is 33.9 Å². The molecule has 0 atom stereocenters. The summed E-state index contributed by atoms with van der Waals surface area (Å²) in [7, 11) is 5.11. The summed E-state index contributed by atoms with van der Waals surface area (Å²) in [4.78, 5) is 29.9. The van der Waals surface area contributed by atoms with E-state index < -0.39 is 11.6 Å². The van der Waals surface area contributed by atoms with Crippen molar-refractivity contribution < 1.29 is 18.7 Å². The monoisotopic (exact) mass is 345 g/mol. The average molecular weight is 345 g/mol. The topological polar surface area (TPSA) is 86.8 Å². The van der Waals surface area contributed by atoms with E-state index in [0.29, 0.717) is 35.3 Å². The Morgan fingerprint density at radius 2 is 2.12 bits per heavy atom. The fourth-order valence-corrected chi connectivity index (χ4v) is 2.71. The van der Waals surface area contributed by atoms with E-state index in [4.69, 9.17) is 13.9 Å². The molecule has 0 aliphatic carbocycles. The third kappa shape index (κ3) is 3.08. The van der Waals surface area contributed by atoms with Crippen molar-refractivity contribution in [3.8, 4) is 5.75 Å². The molecule has 3 aromatic rings. The minimum Gasteiger partial charge on any atom is -0.427 e. The van der Waals surface area contributed by atoms with Crippen LogP contribution in [0.15, 0.2) is 27.4 Å². The van der Waals surface area contributed by atoms with Gasteiger partial charge in [-0.25, -0.2) is 4.79 Å². The molecule has 0 aliphatic heterocycles. The number of anilines is 1. The maximum absolute atomic E-state index is 12.6. The Balaban J connectivity index is 2.34. The van der Waals surface area contributed by atoms with E-state index in [1.807, 2.05) is 4.57 Å². The number of carbonyl (C=O) groups excluding carboxylic acids is 1. The van der Waals surface area contributed by atoms with Crippen LogP contribution in [0, 0.1) is 0 Å². The molecular formula is C17H19N3O5. The van der Waals surface area contributed by atoms with Gasteiger partial charge in [-0.2, -0.15) is 4.98 Å². The lowest BCUT2D eigenvalue weighted by molar-refractivity contribution is -0.131. The number of ether oxygens (including phenoxy) is 2. The van der Waals surface area contributed by atoms with E-state index >= 15 is 0 Å². The number of carbonyl (C=O) groups is 1. The van der Waals surface area contributed by atoms with Gasteiger partial charge in [-0.3, -0.25) is 4.79 Å². The molecule has 0 amide bonds. The van der Waals surface area contributed by atoms with Gasteiger partial charge in [-0.05, 0) is 18.2 Å². The Morgan fingerprint density at radius 3 is 2.76 bits per heavy atom. The van der Waals surface area contributed by atoms with Crippen LogP contribution in [0.1, 0.15) is 6.92 Å². The number of fused-ring (bicyclic) bond motifs is 3. The Bertz CT molecular complexity index is 1000. The zero-order chi connectivity index (χ0) is 18.1. The highest BCUT2D eigenvalue weighted by atomic mass is 16.5. The quantitative estimate of drug-likeness (QED) is 0.514. The SMILES string of the molecule is COCCn1c2ccc(OC(C)=O)cc2c2c(=O)oc(N(C)C)nc21. The summed E-state index contributed by atoms with van der Waals surface area (Å²) in [5.41, 5.74) is 0.806. The lowest BCUT2D eigenvalue weighted by Crippen LogP contribution is -2.15. The maximum atomic E-state index is 12.6. The number of hydrogen-bond donors (Lipinski definition) is 0. The molecule has 0 radical (unpaired) electrons. The average Bonchev–Trinajstić information content (AvgIpc) is 2.85. The van der Waals surface area contributed by atoms with Crippen LogP contribution in [0.5, 0.6) is 5.75 Å². The Labute approximate surface area is 143 Å². The van der Waals surface area contributed by atoms with Gasteiger partial charge >= 0.3 is 17.6 Å². The molecule has 0 saturated carbocycles. The van der Waals surface area contributed by atoms with Crippen LogP contribution in [0.3, 0.4) is 0 Å². The molecule has 0 N–H and O–H groups in total. The second-order valence-electron chi connectivity index (χ2n) is 5.79. The minimum absolute atomic E-state index is 0.221. The first-order chi connectivity index (χ1) is 11.9. The third-order valence-electron chi connectivity index (χ3n) is 3.76. The fraction of sp³-hybridized carbons (Fsp3) is 0.353. The third-order valence-corrected chi connectivity index (χ3v) is 3.76. The van der Waals surface area contributed by atoms with Crippen molar-refractivity contribution in [2.75, 3.05) is 32.7 Å². The highest BCUT2D eigenvalue weighted by molar-refractivity contribution is 6.06. The lowest BCUT2D eigenvalue weighted by atomic mass is 10.2. The van der Waals surface area contributed by atoms with E-state index in [9.17, 15) is 9.59 Å². The summed E-state index contributed by atoms with van der Waals surface area (Å²) in [6.07, 6.45) is 0. The zero-order valence-corrected chi connectivity index (χ0v) is 14.5. The molecule has 0 spiro atoms. The summed E-state index contributed by atoms with van der Waals surface area (Å²) in [5, 5.41) is 0.974. The lowest BCUT2D eigenvalue weighted by Gasteiger charge is -2.10. The minimum atomic E-state index is -0.491. The number of esters is 1. The van der Waals surface area contributed by atoms with Gasteiger partial charge in [-0.1, -0.05) is 0 Å². The van der Waals surface area contributed by atoms with E-state index in [2.05, 4.69) is 4.98 Å². The predicted octanol–water partition coefficient (Wildman–Crippen LogP) is 1.78. The normalized spacial score (nSPS) is 11.2. The number of nitrogens with zero attached hydrogens (tertiary/aromatic N) is 3.